The number of aromatic amines is 1. The molecule has 19 heavy (non-hydrogen) atoms. The second-order valence-electron chi connectivity index (χ2n) is 5.15. The summed E-state index contributed by atoms with van der Waals surface area (Å²) in [5.41, 5.74) is -0.0691. The Morgan fingerprint density at radius 1 is 1.47 bits per heavy atom. The highest BCUT2D eigenvalue weighted by molar-refractivity contribution is 7.99. The number of nitrogens with zero attached hydrogens (tertiary/aromatic N) is 1. The monoisotopic (exact) mass is 281 g/mol. The molecule has 0 spiro atoms. The maximum atomic E-state index is 11.3. The Bertz CT molecular complexity index is 448. The van der Waals surface area contributed by atoms with E-state index in [2.05, 4.69) is 29.1 Å². The van der Waals surface area contributed by atoms with Gasteiger partial charge in [-0.25, -0.2) is 4.98 Å². The van der Waals surface area contributed by atoms with Crippen LogP contribution in [0.5, 0.6) is 0 Å². The van der Waals surface area contributed by atoms with Crippen molar-refractivity contribution in [2.24, 2.45) is 5.92 Å². The van der Waals surface area contributed by atoms with E-state index in [1.807, 2.05) is 0 Å². The van der Waals surface area contributed by atoms with Crippen LogP contribution in [0.15, 0.2) is 22.2 Å². The zero-order valence-electron chi connectivity index (χ0n) is 11.7. The third-order valence-electron chi connectivity index (χ3n) is 3.85. The molecule has 1 heterocycles. The van der Waals surface area contributed by atoms with Crippen LogP contribution in [0.3, 0.4) is 0 Å². The predicted octanol–water partition coefficient (Wildman–Crippen LogP) is 2.42. The Balaban J connectivity index is 2.06. The molecule has 1 aliphatic carbocycles. The van der Waals surface area contributed by atoms with Crippen LogP contribution in [-0.2, 0) is 0 Å². The lowest BCUT2D eigenvalue weighted by Gasteiger charge is -2.35. The van der Waals surface area contributed by atoms with Crippen LogP contribution < -0.4 is 10.9 Å². The van der Waals surface area contributed by atoms with Crippen molar-refractivity contribution in [2.45, 2.75) is 56.0 Å². The predicted molar refractivity (Wildman–Crippen MR) is 79.6 cm³/mol. The first-order valence-electron chi connectivity index (χ1n) is 7.18. The molecule has 0 aliphatic heterocycles. The summed E-state index contributed by atoms with van der Waals surface area (Å²) in [5.74, 6) is 0.808. The largest absolute Gasteiger partial charge is 0.313 e. The molecule has 1 aromatic heterocycles. The lowest BCUT2D eigenvalue weighted by molar-refractivity contribution is 0.297. The van der Waals surface area contributed by atoms with Crippen LogP contribution in [0.1, 0.15) is 39.5 Å². The average Bonchev–Trinajstić information content (AvgIpc) is 2.41. The molecule has 0 bridgehead atoms. The third-order valence-corrected chi connectivity index (χ3v) is 5.11. The first-order chi connectivity index (χ1) is 9.22. The fourth-order valence-corrected chi connectivity index (χ4v) is 4.10. The van der Waals surface area contributed by atoms with Crippen LogP contribution in [0.25, 0.3) is 0 Å². The molecule has 1 fully saturated rings. The summed E-state index contributed by atoms with van der Waals surface area (Å²) in [5, 5.41) is 4.82. The molecular weight excluding hydrogens is 258 g/mol. The average molecular weight is 281 g/mol. The molecule has 3 unspecified atom stereocenters. The molecule has 1 aromatic rings. The van der Waals surface area contributed by atoms with E-state index < -0.39 is 0 Å². The number of H-pyrrole nitrogens is 1. The van der Waals surface area contributed by atoms with Gasteiger partial charge in [0.15, 0.2) is 5.16 Å². The minimum absolute atomic E-state index is 0.0691. The van der Waals surface area contributed by atoms with E-state index >= 15 is 0 Å². The number of rotatable bonds is 5. The topological polar surface area (TPSA) is 57.8 Å². The van der Waals surface area contributed by atoms with E-state index in [-0.39, 0.29) is 5.56 Å². The van der Waals surface area contributed by atoms with Crippen molar-refractivity contribution >= 4 is 11.8 Å². The SMILES string of the molecule is CCNC1CCC(CC)CC1Sc1nccc(=O)[nH]1. The molecule has 5 heteroatoms. The maximum absolute atomic E-state index is 11.3. The van der Waals surface area contributed by atoms with Crippen molar-refractivity contribution in [1.82, 2.24) is 15.3 Å². The van der Waals surface area contributed by atoms with E-state index in [1.54, 1.807) is 18.0 Å². The molecule has 4 nitrogen and oxygen atoms in total. The summed E-state index contributed by atoms with van der Waals surface area (Å²) in [6.45, 7) is 5.41. The summed E-state index contributed by atoms with van der Waals surface area (Å²) in [4.78, 5) is 18.4. The van der Waals surface area contributed by atoms with Crippen molar-refractivity contribution < 1.29 is 0 Å². The van der Waals surface area contributed by atoms with Gasteiger partial charge in [-0.15, -0.1) is 0 Å². The van der Waals surface area contributed by atoms with Crippen molar-refractivity contribution in [3.8, 4) is 0 Å². The highest BCUT2D eigenvalue weighted by atomic mass is 32.2. The second-order valence-corrected chi connectivity index (χ2v) is 6.37. The molecule has 0 amide bonds. The van der Waals surface area contributed by atoms with Crippen LogP contribution in [0, 0.1) is 5.92 Å². The Labute approximate surface area is 118 Å². The molecular formula is C14H23N3OS. The van der Waals surface area contributed by atoms with Gasteiger partial charge < -0.3 is 10.3 Å². The number of hydrogen-bond donors (Lipinski definition) is 2. The van der Waals surface area contributed by atoms with Crippen LogP contribution >= 0.6 is 11.8 Å². The summed E-state index contributed by atoms with van der Waals surface area (Å²) in [6.07, 6.45) is 6.57. The highest BCUT2D eigenvalue weighted by Crippen LogP contribution is 2.36. The minimum atomic E-state index is -0.0691. The molecule has 0 saturated heterocycles. The molecule has 1 aliphatic rings. The van der Waals surface area contributed by atoms with Gasteiger partial charge >= 0.3 is 0 Å². The fourth-order valence-electron chi connectivity index (χ4n) is 2.76. The van der Waals surface area contributed by atoms with Gasteiger partial charge in [0.1, 0.15) is 0 Å². The quantitative estimate of drug-likeness (QED) is 0.814. The molecule has 2 rings (SSSR count). The van der Waals surface area contributed by atoms with E-state index in [0.717, 1.165) is 17.6 Å². The summed E-state index contributed by atoms with van der Waals surface area (Å²) >= 11 is 1.72. The van der Waals surface area contributed by atoms with E-state index in [1.165, 1.54) is 31.7 Å². The maximum Gasteiger partial charge on any atom is 0.251 e. The van der Waals surface area contributed by atoms with Gasteiger partial charge in [-0.3, -0.25) is 4.79 Å². The number of aromatic nitrogens is 2. The van der Waals surface area contributed by atoms with Crippen LogP contribution in [0.2, 0.25) is 0 Å². The van der Waals surface area contributed by atoms with Crippen molar-refractivity contribution in [2.75, 3.05) is 6.54 Å². The smallest absolute Gasteiger partial charge is 0.251 e. The normalized spacial score (nSPS) is 27.4. The first-order valence-corrected chi connectivity index (χ1v) is 8.06. The summed E-state index contributed by atoms with van der Waals surface area (Å²) in [7, 11) is 0. The Morgan fingerprint density at radius 2 is 2.32 bits per heavy atom. The first kappa shape index (κ1) is 14.6. The number of thioether (sulfide) groups is 1. The summed E-state index contributed by atoms with van der Waals surface area (Å²) < 4.78 is 0. The molecule has 106 valence electrons. The second kappa shape index (κ2) is 7.10. The van der Waals surface area contributed by atoms with Gasteiger partial charge in [0.25, 0.3) is 5.56 Å². The molecule has 1 saturated carbocycles. The third kappa shape index (κ3) is 4.08. The Hall–Kier alpha value is -0.810. The van der Waals surface area contributed by atoms with Crippen molar-refractivity contribution in [1.29, 1.82) is 0 Å². The Kier molecular flexibility index (Phi) is 5.45. The highest BCUT2D eigenvalue weighted by Gasteiger charge is 2.30. The van der Waals surface area contributed by atoms with E-state index in [4.69, 9.17) is 0 Å². The minimum Gasteiger partial charge on any atom is -0.313 e. The van der Waals surface area contributed by atoms with Gasteiger partial charge in [-0.2, -0.15) is 0 Å². The molecule has 0 aromatic carbocycles. The van der Waals surface area contributed by atoms with Gasteiger partial charge in [0, 0.05) is 23.6 Å². The molecule has 2 N–H and O–H groups in total. The lowest BCUT2D eigenvalue weighted by atomic mass is 9.84. The van der Waals surface area contributed by atoms with Gasteiger partial charge in [-0.05, 0) is 31.7 Å². The standard InChI is InChI=1S/C14H23N3OS/c1-3-10-5-6-11(15-4-2)12(9-10)19-14-16-8-7-13(18)17-14/h7-8,10-12,15H,3-6,9H2,1-2H3,(H,16,17,18). The van der Waals surface area contributed by atoms with Crippen molar-refractivity contribution in [3.63, 3.8) is 0 Å². The molecule has 0 radical (unpaired) electrons. The van der Waals surface area contributed by atoms with Crippen molar-refractivity contribution in [3.05, 3.63) is 22.6 Å². The number of nitrogens with one attached hydrogen (secondary N) is 2. The zero-order chi connectivity index (χ0) is 13.7. The number of hydrogen-bond acceptors (Lipinski definition) is 4. The van der Waals surface area contributed by atoms with Gasteiger partial charge in [0.2, 0.25) is 0 Å². The summed E-state index contributed by atoms with van der Waals surface area (Å²) in [6, 6.07) is 1.99. The van der Waals surface area contributed by atoms with Gasteiger partial charge in [0.05, 0.1) is 0 Å². The van der Waals surface area contributed by atoms with E-state index in [9.17, 15) is 4.79 Å². The lowest BCUT2D eigenvalue weighted by Crippen LogP contribution is -2.42. The fraction of sp³-hybridized carbons (Fsp3) is 0.714. The Morgan fingerprint density at radius 3 is 3.00 bits per heavy atom. The van der Waals surface area contributed by atoms with E-state index in [0.29, 0.717) is 11.3 Å². The van der Waals surface area contributed by atoms with Crippen LogP contribution in [-0.4, -0.2) is 27.8 Å². The molecule has 3 atom stereocenters. The van der Waals surface area contributed by atoms with Crippen LogP contribution in [0.4, 0.5) is 0 Å². The zero-order valence-corrected chi connectivity index (χ0v) is 12.5. The van der Waals surface area contributed by atoms with Gasteiger partial charge in [-0.1, -0.05) is 32.0 Å².